The van der Waals surface area contributed by atoms with Gasteiger partial charge in [0.2, 0.25) is 0 Å². The van der Waals surface area contributed by atoms with E-state index >= 15 is 0 Å². The predicted octanol–water partition coefficient (Wildman–Crippen LogP) is -8.38. The van der Waals surface area contributed by atoms with E-state index in [2.05, 4.69) is 0 Å². The molecule has 0 bridgehead atoms. The van der Waals surface area contributed by atoms with E-state index in [4.69, 9.17) is 38.4 Å². The number of rotatable bonds is 0. The van der Waals surface area contributed by atoms with Crippen LogP contribution in [0.2, 0.25) is 0 Å². The molecule has 0 heterocycles. The molecule has 8 nitrogen and oxygen atoms in total. The minimum absolute atomic E-state index is 0. The zero-order valence-electron chi connectivity index (χ0n) is 4.83. The molecule has 0 rings (SSSR count). The van der Waals surface area contributed by atoms with Crippen molar-refractivity contribution >= 4 is 18.1 Å². The van der Waals surface area contributed by atoms with Gasteiger partial charge in [-0.2, -0.15) is 0 Å². The van der Waals surface area contributed by atoms with Gasteiger partial charge in [-0.3, -0.25) is 0 Å². The molecule has 0 aromatic heterocycles. The van der Waals surface area contributed by atoms with Crippen LogP contribution >= 0.6 is 0 Å². The molecular weight excluding hydrogens is 235 g/mol. The van der Waals surface area contributed by atoms with E-state index < -0.39 is 18.1 Å². The van der Waals surface area contributed by atoms with Gasteiger partial charge in [0.05, 0.1) is 0 Å². The fourth-order valence-electron chi connectivity index (χ4n) is 0. The Bertz CT molecular complexity index is 55.1. The van der Waals surface area contributed by atoms with E-state index in [1.807, 2.05) is 0 Å². The Morgan fingerprint density at radius 3 is 0.727 bits per heavy atom. The van der Waals surface area contributed by atoms with Gasteiger partial charge in [-0.15, -0.1) is 0 Å². The Hall–Kier alpha value is 0.698. The van der Waals surface area contributed by atoms with E-state index in [1.165, 1.54) is 0 Å². The van der Waals surface area contributed by atoms with Crippen molar-refractivity contribution in [2.75, 3.05) is 0 Å². The predicted molar refractivity (Wildman–Crippen MR) is 18.2 cm³/mol. The van der Waals surface area contributed by atoms with E-state index in [0.717, 1.165) is 0 Å². The van der Waals surface area contributed by atoms with Gasteiger partial charge >= 0.3 is 27.6 Å². The molecule has 0 amide bonds. The second kappa shape index (κ2) is 6.24. The van der Waals surface area contributed by atoms with Crippen LogP contribution in [0.4, 0.5) is 0 Å². The maximum atomic E-state index is 8.91. The van der Waals surface area contributed by atoms with E-state index in [9.17, 15) is 0 Å². The third-order valence-corrected chi connectivity index (χ3v) is 0. The van der Waals surface area contributed by atoms with Crippen molar-refractivity contribution in [1.29, 1.82) is 0 Å². The first-order chi connectivity index (χ1) is 4.00. The summed E-state index contributed by atoms with van der Waals surface area (Å²) in [5.41, 5.74) is 0. The Morgan fingerprint density at radius 1 is 0.727 bits per heavy atom. The van der Waals surface area contributed by atoms with Gasteiger partial charge in [0.25, 0.3) is 0 Å². The van der Waals surface area contributed by atoms with Gasteiger partial charge in [0.1, 0.15) is 0 Å². The van der Waals surface area contributed by atoms with Crippen LogP contribution in [0.1, 0.15) is 0 Å². The molecule has 64 valence electrons. The van der Waals surface area contributed by atoms with Gasteiger partial charge in [-0.1, -0.05) is 0 Å². The van der Waals surface area contributed by atoms with Gasteiger partial charge in [-0.25, -0.2) is 0 Å². The Balaban J connectivity index is -0.000000107. The Morgan fingerprint density at radius 2 is 0.727 bits per heavy atom. The Kier molecular flexibility index (Phi) is 10.0. The molecule has 0 aromatic rings. The van der Waals surface area contributed by atoms with Crippen molar-refractivity contribution in [3.63, 3.8) is 0 Å². The summed E-state index contributed by atoms with van der Waals surface area (Å²) in [4.78, 5) is 64.9. The monoisotopic (exact) mass is 238 g/mol. The summed E-state index contributed by atoms with van der Waals surface area (Å²) < 4.78 is 0. The topological polar surface area (TPSA) is 176 Å². The molecule has 0 spiro atoms. The number of hydrogen-bond donors (Lipinski definition) is 3. The van der Waals surface area contributed by atoms with Crippen LogP contribution in [0.15, 0.2) is 0 Å². The van der Waals surface area contributed by atoms with Crippen LogP contribution in [0, 0.1) is 0 Å². The first-order valence-corrected chi connectivity index (χ1v) is 5.07. The van der Waals surface area contributed by atoms with Crippen molar-refractivity contribution in [3.8, 4) is 0 Å². The molecule has 0 aliphatic heterocycles. The molecule has 0 radical (unpaired) electrons. The third-order valence-electron chi connectivity index (χ3n) is 0. The molecule has 11 heavy (non-hydrogen) atoms. The molecule has 0 saturated carbocycles. The average Bonchev–Trinajstić information content (AvgIpc) is 1.12. The largest absolute Gasteiger partial charge is 5.00 e. The summed E-state index contributed by atoms with van der Waals surface area (Å²) in [5.74, 6) is 0. The van der Waals surface area contributed by atoms with Crippen molar-refractivity contribution < 1.29 is 56.9 Å². The molecule has 0 saturated heterocycles. The van der Waals surface area contributed by atoms with Crippen LogP contribution in [-0.4, -0.2) is 32.5 Å². The summed E-state index contributed by atoms with van der Waals surface area (Å²) in [6.07, 6.45) is 0. The fourth-order valence-corrected chi connectivity index (χ4v) is 0. The molecule has 0 aliphatic rings. The zero-order chi connectivity index (χ0) is 9.00. The number of hydrogen-bond acceptors (Lipinski definition) is 8. The van der Waals surface area contributed by atoms with Crippen LogP contribution in [0.3, 0.4) is 0 Å². The van der Waals surface area contributed by atoms with Gasteiger partial charge in [0.15, 0.2) is 0 Å². The normalized spacial score (nSPS) is 10.9. The van der Waals surface area contributed by atoms with Gasteiger partial charge in [0, 0.05) is 0 Å². The average molecular weight is 238 g/mol. The molecule has 0 unspecified atom stereocenters. The maximum absolute atomic E-state index is 8.91. The summed E-state index contributed by atoms with van der Waals surface area (Å²) in [5, 5.41) is 0. The third kappa shape index (κ3) is 1660. The fraction of sp³-hybridized carbons (Fsp3) is 0. The minimum Gasteiger partial charge on any atom is -0.894 e. The maximum Gasteiger partial charge on any atom is 5.00 e. The zero-order valence-corrected chi connectivity index (χ0v) is 8.23. The van der Waals surface area contributed by atoms with Crippen molar-refractivity contribution in [1.82, 2.24) is 0 Å². The van der Waals surface area contributed by atoms with Crippen molar-refractivity contribution in [2.24, 2.45) is 0 Å². The quantitative estimate of drug-likeness (QED) is 0.348. The second-order valence-corrected chi connectivity index (χ2v) is 3.22. The molecule has 11 heteroatoms. The van der Waals surface area contributed by atoms with Crippen LogP contribution in [-0.2, 0) is 18.6 Å². The smallest absolute Gasteiger partial charge is 0.894 e. The molecular formula is H3O8Si2V. The summed E-state index contributed by atoms with van der Waals surface area (Å²) in [6.45, 7) is 0. The summed E-state index contributed by atoms with van der Waals surface area (Å²) >= 11 is 0. The van der Waals surface area contributed by atoms with E-state index in [0.29, 0.717) is 0 Å². The van der Waals surface area contributed by atoms with Crippen LogP contribution < -0.4 is 24.0 Å². The molecule has 3 N–H and O–H groups in total. The van der Waals surface area contributed by atoms with Gasteiger partial charge < -0.3 is 47.4 Å². The standard InChI is InChI=1S/H3O4Si.O4Si.V/c2*1-5(2,3)4;/h1-3H;;/q-1;-4;+5. The molecule has 0 aliphatic carbocycles. The van der Waals surface area contributed by atoms with E-state index in [-0.39, 0.29) is 18.6 Å². The van der Waals surface area contributed by atoms with E-state index in [1.54, 1.807) is 0 Å². The SMILES string of the molecule is [O-][Si](O)(O)O.[O-][Si]([O-])([O-])[O-].[V+5]. The van der Waals surface area contributed by atoms with Crippen LogP contribution in [0.5, 0.6) is 0 Å². The molecule has 0 fully saturated rings. The van der Waals surface area contributed by atoms with Crippen molar-refractivity contribution in [2.45, 2.75) is 0 Å². The molecule has 0 atom stereocenters. The molecule has 0 aromatic carbocycles. The summed E-state index contributed by atoms with van der Waals surface area (Å²) in [7, 11) is -10.5. The second-order valence-electron chi connectivity index (χ2n) is 1.07. The first-order valence-electron chi connectivity index (χ1n) is 1.69. The van der Waals surface area contributed by atoms with Crippen LogP contribution in [0.25, 0.3) is 0 Å². The van der Waals surface area contributed by atoms with Gasteiger partial charge in [-0.05, 0) is 0 Å². The Labute approximate surface area is 75.5 Å². The summed E-state index contributed by atoms with van der Waals surface area (Å²) in [6, 6.07) is 0. The van der Waals surface area contributed by atoms with Crippen molar-refractivity contribution in [3.05, 3.63) is 0 Å². The first kappa shape index (κ1) is 17.7. The minimum atomic E-state index is -5.61.